The van der Waals surface area contributed by atoms with Crippen LogP contribution in [0.2, 0.25) is 0 Å². The summed E-state index contributed by atoms with van der Waals surface area (Å²) < 4.78 is 14.1. The van der Waals surface area contributed by atoms with Gasteiger partial charge < -0.3 is 10.3 Å². The Bertz CT molecular complexity index is 721. The van der Waals surface area contributed by atoms with Crippen LogP contribution in [-0.2, 0) is 4.79 Å². The largest absolute Gasteiger partial charge is 0.348 e. The molecule has 1 amide bonds. The molecule has 2 heterocycles. The van der Waals surface area contributed by atoms with Crippen LogP contribution in [0.1, 0.15) is 17.0 Å². The van der Waals surface area contributed by atoms with E-state index in [4.69, 9.17) is 0 Å². The normalized spacial score (nSPS) is 15.7. The summed E-state index contributed by atoms with van der Waals surface area (Å²) in [6, 6.07) is 2.92. The van der Waals surface area contributed by atoms with Gasteiger partial charge in [0.05, 0.1) is 26.9 Å². The van der Waals surface area contributed by atoms with Crippen LogP contribution in [0.25, 0.3) is 11.6 Å². The zero-order chi connectivity index (χ0) is 13.6. The third kappa shape index (κ3) is 1.95. The average molecular weight is 369 g/mol. The highest BCUT2D eigenvalue weighted by Crippen LogP contribution is 2.37. The zero-order valence-electron chi connectivity index (χ0n) is 9.92. The summed E-state index contributed by atoms with van der Waals surface area (Å²) in [6.07, 6.45) is 3.24. The molecule has 0 saturated heterocycles. The number of anilines is 1. The first kappa shape index (κ1) is 12.3. The maximum atomic E-state index is 13.6. The molecule has 4 nitrogen and oxygen atoms in total. The number of hydrogen-bond donors (Lipinski definition) is 2. The molecule has 1 aliphatic heterocycles. The number of amides is 1. The summed E-state index contributed by atoms with van der Waals surface area (Å²) in [7, 11) is 0. The Morgan fingerprint density at radius 3 is 2.89 bits per heavy atom. The number of carbonyl (C=O) groups is 1. The summed E-state index contributed by atoms with van der Waals surface area (Å²) in [5.41, 5.74) is 3.22. The summed E-state index contributed by atoms with van der Waals surface area (Å²) in [5, 5.41) is 2.73. The van der Waals surface area contributed by atoms with Gasteiger partial charge in [0, 0.05) is 11.3 Å². The third-order valence-corrected chi connectivity index (χ3v) is 4.06. The van der Waals surface area contributed by atoms with Gasteiger partial charge in [0.15, 0.2) is 0 Å². The highest BCUT2D eigenvalue weighted by atomic mass is 127. The number of benzene rings is 1. The molecule has 1 aromatic heterocycles. The Labute approximate surface area is 122 Å². The average Bonchev–Trinajstić information content (AvgIpc) is 2.91. The van der Waals surface area contributed by atoms with Gasteiger partial charge in [-0.1, -0.05) is 0 Å². The molecule has 0 atom stereocenters. The minimum Gasteiger partial charge on any atom is -0.348 e. The van der Waals surface area contributed by atoms with Crippen LogP contribution in [0.5, 0.6) is 0 Å². The SMILES string of the molecule is Cc1[nH]cnc1C=C1C(=O)Nc2ccc(F)c(I)c21. The van der Waals surface area contributed by atoms with E-state index in [2.05, 4.69) is 15.3 Å². The number of nitrogens with one attached hydrogen (secondary N) is 2. The van der Waals surface area contributed by atoms with E-state index in [9.17, 15) is 9.18 Å². The molecule has 0 saturated carbocycles. The lowest BCUT2D eigenvalue weighted by Crippen LogP contribution is -2.03. The number of rotatable bonds is 1. The highest BCUT2D eigenvalue weighted by Gasteiger charge is 2.28. The van der Waals surface area contributed by atoms with Crippen LogP contribution >= 0.6 is 22.6 Å². The van der Waals surface area contributed by atoms with Crippen molar-refractivity contribution >= 4 is 45.8 Å². The molecule has 2 N–H and O–H groups in total. The number of aromatic amines is 1. The third-order valence-electron chi connectivity index (χ3n) is 3.01. The van der Waals surface area contributed by atoms with Gasteiger partial charge in [-0.3, -0.25) is 4.79 Å². The first-order valence-corrected chi connectivity index (χ1v) is 6.67. The van der Waals surface area contributed by atoms with E-state index >= 15 is 0 Å². The molecule has 3 rings (SSSR count). The van der Waals surface area contributed by atoms with Gasteiger partial charge in [-0.25, -0.2) is 9.37 Å². The Kier molecular flexibility index (Phi) is 2.89. The minimum atomic E-state index is -0.333. The fourth-order valence-electron chi connectivity index (χ4n) is 2.01. The van der Waals surface area contributed by atoms with E-state index in [1.807, 2.05) is 29.5 Å². The maximum absolute atomic E-state index is 13.6. The van der Waals surface area contributed by atoms with Crippen molar-refractivity contribution in [3.8, 4) is 0 Å². The van der Waals surface area contributed by atoms with Gasteiger partial charge in [-0.15, -0.1) is 0 Å². The van der Waals surface area contributed by atoms with Gasteiger partial charge >= 0.3 is 0 Å². The van der Waals surface area contributed by atoms with Crippen molar-refractivity contribution in [2.45, 2.75) is 6.92 Å². The van der Waals surface area contributed by atoms with Crippen molar-refractivity contribution in [3.05, 3.63) is 44.8 Å². The molecule has 1 aliphatic rings. The van der Waals surface area contributed by atoms with Gasteiger partial charge in [0.2, 0.25) is 0 Å². The molecule has 0 radical (unpaired) electrons. The number of hydrogen-bond acceptors (Lipinski definition) is 2. The topological polar surface area (TPSA) is 57.8 Å². The quantitative estimate of drug-likeness (QED) is 0.600. The second-order valence-corrected chi connectivity index (χ2v) is 5.29. The Morgan fingerprint density at radius 1 is 1.42 bits per heavy atom. The number of H-pyrrole nitrogens is 1. The molecule has 0 unspecified atom stereocenters. The zero-order valence-corrected chi connectivity index (χ0v) is 12.1. The van der Waals surface area contributed by atoms with E-state index in [0.717, 1.165) is 5.69 Å². The van der Waals surface area contributed by atoms with Crippen LogP contribution < -0.4 is 5.32 Å². The number of carbonyl (C=O) groups excluding carboxylic acids is 1. The van der Waals surface area contributed by atoms with Crippen molar-refractivity contribution in [2.24, 2.45) is 0 Å². The second-order valence-electron chi connectivity index (χ2n) is 4.21. The van der Waals surface area contributed by atoms with Crippen molar-refractivity contribution in [1.29, 1.82) is 0 Å². The number of imidazole rings is 1. The number of fused-ring (bicyclic) bond motifs is 1. The van der Waals surface area contributed by atoms with E-state index in [1.54, 1.807) is 18.5 Å². The first-order chi connectivity index (χ1) is 9.08. The van der Waals surface area contributed by atoms with Gasteiger partial charge in [0.1, 0.15) is 5.82 Å². The maximum Gasteiger partial charge on any atom is 0.256 e. The van der Waals surface area contributed by atoms with Gasteiger partial charge in [-0.2, -0.15) is 0 Å². The minimum absolute atomic E-state index is 0.235. The van der Waals surface area contributed by atoms with Crippen LogP contribution in [0.4, 0.5) is 10.1 Å². The van der Waals surface area contributed by atoms with Crippen molar-refractivity contribution in [1.82, 2.24) is 9.97 Å². The van der Waals surface area contributed by atoms with E-state index in [0.29, 0.717) is 26.1 Å². The second kappa shape index (κ2) is 4.44. The standard InChI is InChI=1S/C13H9FIN3O/c1-6-10(17-5-16-6)4-7-11-9(18-13(7)19)3-2-8(14)12(11)15/h2-5H,1H3,(H,16,17)(H,18,19). The van der Waals surface area contributed by atoms with Gasteiger partial charge in [-0.05, 0) is 47.7 Å². The predicted molar refractivity (Wildman–Crippen MR) is 78.9 cm³/mol. The number of aromatic nitrogens is 2. The van der Waals surface area contributed by atoms with E-state index in [-0.39, 0.29) is 11.7 Å². The fraction of sp³-hybridized carbons (Fsp3) is 0.0769. The predicted octanol–water partition coefficient (Wildman–Crippen LogP) is 2.95. The fourth-order valence-corrected chi connectivity index (χ4v) is 2.77. The summed E-state index contributed by atoms with van der Waals surface area (Å²) >= 11 is 1.91. The lowest BCUT2D eigenvalue weighted by Gasteiger charge is -2.02. The van der Waals surface area contributed by atoms with Crippen LogP contribution in [-0.4, -0.2) is 15.9 Å². The van der Waals surface area contributed by atoms with Crippen molar-refractivity contribution in [3.63, 3.8) is 0 Å². The molecular formula is C13H9FIN3O. The van der Waals surface area contributed by atoms with Crippen molar-refractivity contribution in [2.75, 3.05) is 5.32 Å². The van der Waals surface area contributed by atoms with E-state index in [1.165, 1.54) is 6.07 Å². The molecule has 1 aromatic carbocycles. The van der Waals surface area contributed by atoms with Crippen LogP contribution in [0.15, 0.2) is 18.5 Å². The Balaban J connectivity index is 2.21. The number of nitrogens with zero attached hydrogens (tertiary/aromatic N) is 1. The van der Waals surface area contributed by atoms with Crippen molar-refractivity contribution < 1.29 is 9.18 Å². The summed E-state index contributed by atoms with van der Waals surface area (Å²) in [6.45, 7) is 1.86. The molecule has 0 aliphatic carbocycles. The Hall–Kier alpha value is -1.70. The van der Waals surface area contributed by atoms with E-state index < -0.39 is 0 Å². The molecule has 96 valence electrons. The lowest BCUT2D eigenvalue weighted by molar-refractivity contribution is -0.110. The van der Waals surface area contributed by atoms with Gasteiger partial charge in [0.25, 0.3) is 5.91 Å². The molecular weight excluding hydrogens is 360 g/mol. The first-order valence-electron chi connectivity index (χ1n) is 5.59. The summed E-state index contributed by atoms with van der Waals surface area (Å²) in [5.74, 6) is -0.568. The number of halogens is 2. The lowest BCUT2D eigenvalue weighted by atomic mass is 10.1. The molecule has 0 fully saturated rings. The van der Waals surface area contributed by atoms with Crippen LogP contribution in [0.3, 0.4) is 0 Å². The molecule has 0 bridgehead atoms. The monoisotopic (exact) mass is 369 g/mol. The molecule has 19 heavy (non-hydrogen) atoms. The molecule has 0 spiro atoms. The highest BCUT2D eigenvalue weighted by molar-refractivity contribution is 14.1. The van der Waals surface area contributed by atoms with Crippen LogP contribution in [0, 0.1) is 16.3 Å². The molecule has 6 heteroatoms. The molecule has 2 aromatic rings. The number of aryl methyl sites for hydroxylation is 1. The summed E-state index contributed by atoms with van der Waals surface area (Å²) in [4.78, 5) is 19.1. The Morgan fingerprint density at radius 2 is 2.21 bits per heavy atom. The smallest absolute Gasteiger partial charge is 0.256 e.